The summed E-state index contributed by atoms with van der Waals surface area (Å²) >= 11 is 0. The van der Waals surface area contributed by atoms with Crippen molar-refractivity contribution in [3.8, 4) is 5.75 Å². The third-order valence-electron chi connectivity index (χ3n) is 3.22. The van der Waals surface area contributed by atoms with Crippen molar-refractivity contribution in [2.24, 2.45) is 0 Å². The fraction of sp³-hybridized carbons (Fsp3) is 0.500. The van der Waals surface area contributed by atoms with Crippen molar-refractivity contribution >= 4 is 12.0 Å². The quantitative estimate of drug-likeness (QED) is 0.486. The van der Waals surface area contributed by atoms with E-state index in [0.29, 0.717) is 13.2 Å². The Hall–Kier alpha value is -1.81. The van der Waals surface area contributed by atoms with Crippen LogP contribution in [0.15, 0.2) is 30.3 Å². The molecule has 1 rings (SSSR count). The summed E-state index contributed by atoms with van der Waals surface area (Å²) in [5.41, 5.74) is 0.921. The fourth-order valence-electron chi connectivity index (χ4n) is 1.98. The lowest BCUT2D eigenvalue weighted by Gasteiger charge is -2.16. The zero-order valence-electron chi connectivity index (χ0n) is 13.7. The highest BCUT2D eigenvalue weighted by Crippen LogP contribution is 2.12. The lowest BCUT2D eigenvalue weighted by atomic mass is 10.2. The molecule has 1 atom stereocenters. The monoisotopic (exact) mass is 306 g/mol. The third kappa shape index (κ3) is 7.27. The van der Waals surface area contributed by atoms with Crippen LogP contribution in [0.25, 0.3) is 6.08 Å². The van der Waals surface area contributed by atoms with Crippen molar-refractivity contribution in [2.75, 3.05) is 20.3 Å². The number of carbonyl (C=O) groups is 1. The Morgan fingerprint density at radius 3 is 2.55 bits per heavy atom. The molecule has 0 spiro atoms. The van der Waals surface area contributed by atoms with Crippen molar-refractivity contribution in [3.05, 3.63) is 35.9 Å². The second-order valence-electron chi connectivity index (χ2n) is 4.96. The van der Waals surface area contributed by atoms with E-state index in [1.165, 1.54) is 6.08 Å². The largest absolute Gasteiger partial charge is 0.497 e. The number of esters is 1. The van der Waals surface area contributed by atoms with Gasteiger partial charge in [-0.15, -0.1) is 0 Å². The van der Waals surface area contributed by atoms with Crippen LogP contribution in [-0.2, 0) is 14.3 Å². The lowest BCUT2D eigenvalue weighted by Crippen LogP contribution is -2.21. The van der Waals surface area contributed by atoms with Gasteiger partial charge in [0.05, 0.1) is 13.2 Å². The summed E-state index contributed by atoms with van der Waals surface area (Å²) in [5.74, 6) is 0.437. The minimum atomic E-state index is -0.350. The Kier molecular flexibility index (Phi) is 9.00. The molecule has 0 saturated heterocycles. The summed E-state index contributed by atoms with van der Waals surface area (Å²) in [6, 6.07) is 7.46. The van der Waals surface area contributed by atoms with Gasteiger partial charge in [-0.25, -0.2) is 4.79 Å². The number of hydrogen-bond donors (Lipinski definition) is 0. The molecule has 0 saturated carbocycles. The first-order valence-corrected chi connectivity index (χ1v) is 7.80. The molecular weight excluding hydrogens is 280 g/mol. The Bertz CT molecular complexity index is 451. The van der Waals surface area contributed by atoms with Crippen LogP contribution in [-0.4, -0.2) is 32.4 Å². The smallest absolute Gasteiger partial charge is 0.330 e. The molecule has 0 amide bonds. The van der Waals surface area contributed by atoms with Gasteiger partial charge in [-0.05, 0) is 37.1 Å². The number of hydrogen-bond acceptors (Lipinski definition) is 4. The van der Waals surface area contributed by atoms with Gasteiger partial charge in [-0.3, -0.25) is 0 Å². The summed E-state index contributed by atoms with van der Waals surface area (Å²) in [4.78, 5) is 11.7. The van der Waals surface area contributed by atoms with Crippen LogP contribution in [0.5, 0.6) is 5.75 Å². The first kappa shape index (κ1) is 18.2. The van der Waals surface area contributed by atoms with Crippen LogP contribution < -0.4 is 4.74 Å². The molecule has 1 aromatic carbocycles. The van der Waals surface area contributed by atoms with E-state index in [4.69, 9.17) is 14.2 Å². The maximum atomic E-state index is 11.7. The highest BCUT2D eigenvalue weighted by molar-refractivity contribution is 5.87. The number of carbonyl (C=O) groups excluding carboxylic acids is 1. The van der Waals surface area contributed by atoms with Gasteiger partial charge >= 0.3 is 5.97 Å². The van der Waals surface area contributed by atoms with Crippen LogP contribution in [0.3, 0.4) is 0 Å². The van der Waals surface area contributed by atoms with E-state index in [1.54, 1.807) is 13.2 Å². The van der Waals surface area contributed by atoms with E-state index < -0.39 is 0 Å². The molecule has 0 radical (unpaired) electrons. The molecule has 0 aliphatic rings. The second kappa shape index (κ2) is 10.9. The third-order valence-corrected chi connectivity index (χ3v) is 3.22. The van der Waals surface area contributed by atoms with Crippen LogP contribution in [0.2, 0.25) is 0 Å². The fourth-order valence-corrected chi connectivity index (χ4v) is 1.98. The minimum Gasteiger partial charge on any atom is -0.497 e. The number of methoxy groups -OCH3 is 1. The average molecular weight is 306 g/mol. The van der Waals surface area contributed by atoms with Crippen LogP contribution >= 0.6 is 0 Å². The Balaban J connectivity index is 2.41. The van der Waals surface area contributed by atoms with E-state index in [-0.39, 0.29) is 12.1 Å². The summed E-state index contributed by atoms with van der Waals surface area (Å²) in [6.07, 6.45) is 6.25. The summed E-state index contributed by atoms with van der Waals surface area (Å²) in [6.45, 7) is 5.02. The lowest BCUT2D eigenvalue weighted by molar-refractivity contribution is -0.142. The molecule has 0 aliphatic carbocycles. The van der Waals surface area contributed by atoms with Crippen molar-refractivity contribution in [2.45, 2.75) is 39.2 Å². The van der Waals surface area contributed by atoms with Crippen molar-refractivity contribution in [1.29, 1.82) is 0 Å². The van der Waals surface area contributed by atoms with Gasteiger partial charge in [0.15, 0.2) is 0 Å². The predicted octanol–water partition coefficient (Wildman–Crippen LogP) is 3.85. The van der Waals surface area contributed by atoms with E-state index >= 15 is 0 Å². The highest BCUT2D eigenvalue weighted by atomic mass is 16.6. The van der Waals surface area contributed by atoms with Gasteiger partial charge in [0.25, 0.3) is 0 Å². The number of ether oxygens (including phenoxy) is 3. The molecule has 1 unspecified atom stereocenters. The number of unbranched alkanes of at least 4 members (excludes halogenated alkanes) is 1. The van der Waals surface area contributed by atoms with E-state index in [0.717, 1.165) is 30.6 Å². The Morgan fingerprint density at radius 1 is 1.23 bits per heavy atom. The summed E-state index contributed by atoms with van der Waals surface area (Å²) < 4.78 is 15.9. The number of benzene rings is 1. The van der Waals surface area contributed by atoms with Gasteiger partial charge < -0.3 is 14.2 Å². The van der Waals surface area contributed by atoms with E-state index in [2.05, 4.69) is 6.92 Å². The van der Waals surface area contributed by atoms with Crippen LogP contribution in [0.4, 0.5) is 0 Å². The molecule has 0 fully saturated rings. The maximum absolute atomic E-state index is 11.7. The topological polar surface area (TPSA) is 44.8 Å². The Morgan fingerprint density at radius 2 is 1.95 bits per heavy atom. The summed E-state index contributed by atoms with van der Waals surface area (Å²) in [7, 11) is 1.62. The van der Waals surface area contributed by atoms with Crippen molar-refractivity contribution in [1.82, 2.24) is 0 Å². The SMILES string of the molecule is CCCCC(COC(=O)/C=C/c1ccc(OC)cc1)OCC. The van der Waals surface area contributed by atoms with Gasteiger partial charge in [0.1, 0.15) is 12.4 Å². The molecule has 0 aliphatic heterocycles. The minimum absolute atomic E-state index is 0.0108. The van der Waals surface area contributed by atoms with E-state index in [9.17, 15) is 4.79 Å². The van der Waals surface area contributed by atoms with Crippen LogP contribution in [0.1, 0.15) is 38.7 Å². The first-order chi connectivity index (χ1) is 10.7. The predicted molar refractivity (Wildman–Crippen MR) is 87.9 cm³/mol. The standard InChI is InChI=1S/C18H26O4/c1-4-6-7-17(21-5-2)14-22-18(19)13-10-15-8-11-16(20-3)12-9-15/h8-13,17H,4-7,14H2,1-3H3/b13-10+. The second-order valence-corrected chi connectivity index (χ2v) is 4.96. The Labute approximate surface area is 133 Å². The van der Waals surface area contributed by atoms with Gasteiger partial charge in [-0.1, -0.05) is 31.9 Å². The van der Waals surface area contributed by atoms with Crippen molar-refractivity contribution in [3.63, 3.8) is 0 Å². The molecule has 122 valence electrons. The average Bonchev–Trinajstić information content (AvgIpc) is 2.56. The summed E-state index contributed by atoms with van der Waals surface area (Å²) in [5, 5.41) is 0. The zero-order chi connectivity index (χ0) is 16.2. The molecule has 4 heteroatoms. The highest BCUT2D eigenvalue weighted by Gasteiger charge is 2.10. The maximum Gasteiger partial charge on any atom is 0.330 e. The number of rotatable bonds is 10. The first-order valence-electron chi connectivity index (χ1n) is 7.80. The molecule has 1 aromatic rings. The molecule has 4 nitrogen and oxygen atoms in total. The van der Waals surface area contributed by atoms with E-state index in [1.807, 2.05) is 31.2 Å². The molecule has 0 N–H and O–H groups in total. The molecule has 0 aromatic heterocycles. The normalized spacial score (nSPS) is 12.3. The van der Waals surface area contributed by atoms with Gasteiger partial charge in [0.2, 0.25) is 0 Å². The molecular formula is C18H26O4. The van der Waals surface area contributed by atoms with Crippen LogP contribution in [0, 0.1) is 0 Å². The zero-order valence-corrected chi connectivity index (χ0v) is 13.7. The molecule has 0 bridgehead atoms. The van der Waals surface area contributed by atoms with Crippen molar-refractivity contribution < 1.29 is 19.0 Å². The molecule has 22 heavy (non-hydrogen) atoms. The van der Waals surface area contributed by atoms with Gasteiger partial charge in [0, 0.05) is 12.7 Å². The molecule has 0 heterocycles. The van der Waals surface area contributed by atoms with Gasteiger partial charge in [-0.2, -0.15) is 0 Å².